The molecule has 2 rings (SSSR count). The molecule has 1 aliphatic rings. The molecule has 0 radical (unpaired) electrons. The Balaban J connectivity index is 2.61. The van der Waals surface area contributed by atoms with Gasteiger partial charge in [0.2, 0.25) is 5.60 Å². The molecule has 0 saturated carbocycles. The summed E-state index contributed by atoms with van der Waals surface area (Å²) in [6.07, 6.45) is -4.32. The first-order valence-electron chi connectivity index (χ1n) is 3.99. The maximum Gasteiger partial charge on any atom is 0.426 e. The largest absolute Gasteiger partial charge is 0.426 e. The minimum absolute atomic E-state index is 0.0826. The molecule has 2 nitrogen and oxygen atoms in total. The van der Waals surface area contributed by atoms with Crippen LogP contribution in [0.15, 0.2) is 23.2 Å². The van der Waals surface area contributed by atoms with Gasteiger partial charge in [-0.1, -0.05) is 11.6 Å². The first kappa shape index (κ1) is 10.4. The van der Waals surface area contributed by atoms with Crippen LogP contribution in [0, 0.1) is 0 Å². The lowest BCUT2D eigenvalue weighted by atomic mass is 9.95. The van der Waals surface area contributed by atoms with Gasteiger partial charge in [0.05, 0.1) is 11.9 Å². The van der Waals surface area contributed by atoms with Gasteiger partial charge in [-0.2, -0.15) is 13.2 Å². The molecular weight excluding hydrogens is 231 g/mol. The van der Waals surface area contributed by atoms with E-state index in [1.165, 1.54) is 12.1 Å². The van der Waals surface area contributed by atoms with Crippen molar-refractivity contribution in [2.75, 3.05) is 0 Å². The molecule has 0 saturated heterocycles. The number of rotatable bonds is 0. The van der Waals surface area contributed by atoms with Crippen LogP contribution in [-0.4, -0.2) is 17.5 Å². The van der Waals surface area contributed by atoms with E-state index in [1.54, 1.807) is 0 Å². The zero-order valence-electron chi connectivity index (χ0n) is 7.22. The Morgan fingerprint density at radius 2 is 2.00 bits per heavy atom. The summed E-state index contributed by atoms with van der Waals surface area (Å²) in [5.74, 6) is 0. The Morgan fingerprint density at radius 1 is 1.33 bits per heavy atom. The highest BCUT2D eigenvalue weighted by Gasteiger charge is 2.57. The summed E-state index contributed by atoms with van der Waals surface area (Å²) >= 11 is 5.57. The molecule has 1 aromatic carbocycles. The lowest BCUT2D eigenvalue weighted by molar-refractivity contribution is -0.232. The zero-order chi connectivity index (χ0) is 11.3. The van der Waals surface area contributed by atoms with Crippen LogP contribution in [-0.2, 0) is 5.60 Å². The molecule has 80 valence electrons. The Hall–Kier alpha value is -1.07. The molecule has 0 amide bonds. The van der Waals surface area contributed by atoms with Crippen molar-refractivity contribution in [1.82, 2.24) is 0 Å². The third-order valence-corrected chi connectivity index (χ3v) is 2.43. The van der Waals surface area contributed by atoms with Gasteiger partial charge >= 0.3 is 6.18 Å². The van der Waals surface area contributed by atoms with Crippen molar-refractivity contribution in [3.8, 4) is 0 Å². The number of alkyl halides is 3. The van der Waals surface area contributed by atoms with Gasteiger partial charge in [-0.25, -0.2) is 0 Å². The molecule has 0 aliphatic carbocycles. The Morgan fingerprint density at radius 3 is 2.60 bits per heavy atom. The maximum atomic E-state index is 12.6. The molecule has 1 N–H and O–H groups in total. The quantitative estimate of drug-likeness (QED) is 0.737. The van der Waals surface area contributed by atoms with E-state index in [2.05, 4.69) is 4.99 Å². The number of halogens is 4. The van der Waals surface area contributed by atoms with E-state index >= 15 is 0 Å². The topological polar surface area (TPSA) is 32.6 Å². The predicted octanol–water partition coefficient (Wildman–Crippen LogP) is 2.81. The van der Waals surface area contributed by atoms with Gasteiger partial charge < -0.3 is 5.11 Å². The molecule has 0 bridgehead atoms. The van der Waals surface area contributed by atoms with Gasteiger partial charge in [0.15, 0.2) is 0 Å². The molecular formula is C9H5ClF3NO. The summed E-state index contributed by atoms with van der Waals surface area (Å²) in [5, 5.41) is 9.60. The van der Waals surface area contributed by atoms with Crippen LogP contribution < -0.4 is 0 Å². The fraction of sp³-hybridized carbons (Fsp3) is 0.222. The average Bonchev–Trinajstić information content (AvgIpc) is 2.44. The van der Waals surface area contributed by atoms with E-state index in [0.717, 1.165) is 6.07 Å². The molecule has 0 fully saturated rings. The summed E-state index contributed by atoms with van der Waals surface area (Å²) in [4.78, 5) is 3.51. The third-order valence-electron chi connectivity index (χ3n) is 2.19. The highest BCUT2D eigenvalue weighted by atomic mass is 35.5. The minimum atomic E-state index is -4.80. The second-order valence-corrected chi connectivity index (χ2v) is 3.62. The Kier molecular flexibility index (Phi) is 2.06. The minimum Gasteiger partial charge on any atom is -0.371 e. The van der Waals surface area contributed by atoms with Gasteiger partial charge in [-0.15, -0.1) is 0 Å². The second kappa shape index (κ2) is 2.96. The Labute approximate surface area is 88.0 Å². The summed E-state index contributed by atoms with van der Waals surface area (Å²) in [7, 11) is 0. The van der Waals surface area contributed by atoms with E-state index in [4.69, 9.17) is 11.6 Å². The fourth-order valence-electron chi connectivity index (χ4n) is 1.38. The average molecular weight is 236 g/mol. The highest BCUT2D eigenvalue weighted by Crippen LogP contribution is 2.46. The SMILES string of the molecule is OC1(C(F)(F)F)C=Nc2ccc(Cl)cc21. The van der Waals surface area contributed by atoms with Crippen molar-refractivity contribution >= 4 is 23.5 Å². The number of hydrogen-bond donors (Lipinski definition) is 1. The van der Waals surface area contributed by atoms with Crippen molar-refractivity contribution < 1.29 is 18.3 Å². The lowest BCUT2D eigenvalue weighted by Gasteiger charge is -2.24. The van der Waals surface area contributed by atoms with Crippen molar-refractivity contribution in [2.24, 2.45) is 4.99 Å². The van der Waals surface area contributed by atoms with Crippen LogP contribution in [0.2, 0.25) is 5.02 Å². The molecule has 0 spiro atoms. The summed E-state index contributed by atoms with van der Waals surface area (Å²) in [6.45, 7) is 0. The summed E-state index contributed by atoms with van der Waals surface area (Å²) in [6, 6.07) is 3.81. The fourth-order valence-corrected chi connectivity index (χ4v) is 1.56. The number of benzene rings is 1. The van der Waals surface area contributed by atoms with Crippen LogP contribution in [0.5, 0.6) is 0 Å². The number of hydrogen-bond acceptors (Lipinski definition) is 2. The first-order chi connectivity index (χ1) is 6.84. The number of fused-ring (bicyclic) bond motifs is 1. The van der Waals surface area contributed by atoms with E-state index < -0.39 is 11.8 Å². The number of aliphatic imine (C=N–C) groups is 1. The second-order valence-electron chi connectivity index (χ2n) is 3.18. The van der Waals surface area contributed by atoms with Crippen molar-refractivity contribution in [2.45, 2.75) is 11.8 Å². The molecule has 1 aliphatic heterocycles. The summed E-state index contributed by atoms with van der Waals surface area (Å²) in [5.41, 5.74) is -3.27. The molecule has 1 unspecified atom stereocenters. The molecule has 1 aromatic rings. The van der Waals surface area contributed by atoms with E-state index in [9.17, 15) is 18.3 Å². The smallest absolute Gasteiger partial charge is 0.371 e. The van der Waals surface area contributed by atoms with Gasteiger partial charge in [-0.05, 0) is 18.2 Å². The normalized spacial score (nSPS) is 24.3. The van der Waals surface area contributed by atoms with Gasteiger partial charge in [0, 0.05) is 10.6 Å². The van der Waals surface area contributed by atoms with Gasteiger partial charge in [-0.3, -0.25) is 4.99 Å². The van der Waals surface area contributed by atoms with Crippen LogP contribution in [0.4, 0.5) is 18.9 Å². The van der Waals surface area contributed by atoms with E-state index in [1.807, 2.05) is 0 Å². The lowest BCUT2D eigenvalue weighted by Crippen LogP contribution is -2.42. The molecule has 6 heteroatoms. The van der Waals surface area contributed by atoms with Crippen molar-refractivity contribution in [1.29, 1.82) is 0 Å². The van der Waals surface area contributed by atoms with Crippen LogP contribution >= 0.6 is 11.6 Å². The highest BCUT2D eigenvalue weighted by molar-refractivity contribution is 6.30. The molecule has 1 heterocycles. The van der Waals surface area contributed by atoms with Gasteiger partial charge in [0.1, 0.15) is 0 Å². The number of nitrogens with zero attached hydrogens (tertiary/aromatic N) is 1. The van der Waals surface area contributed by atoms with E-state index in [-0.39, 0.29) is 16.3 Å². The van der Waals surface area contributed by atoms with Crippen molar-refractivity contribution in [3.05, 3.63) is 28.8 Å². The molecule has 1 atom stereocenters. The first-order valence-corrected chi connectivity index (χ1v) is 4.37. The van der Waals surface area contributed by atoms with Crippen LogP contribution in [0.1, 0.15) is 5.56 Å². The standard InChI is InChI=1S/C9H5ClF3NO/c10-5-1-2-7-6(3-5)8(15,4-14-7)9(11,12)13/h1-4,15H. The number of aliphatic hydroxyl groups is 1. The van der Waals surface area contributed by atoms with E-state index in [0.29, 0.717) is 6.21 Å². The summed E-state index contributed by atoms with van der Waals surface area (Å²) < 4.78 is 37.7. The Bertz CT molecular complexity index is 443. The van der Waals surface area contributed by atoms with Crippen LogP contribution in [0.25, 0.3) is 0 Å². The van der Waals surface area contributed by atoms with Gasteiger partial charge in [0.25, 0.3) is 0 Å². The zero-order valence-corrected chi connectivity index (χ0v) is 7.97. The predicted molar refractivity (Wildman–Crippen MR) is 49.6 cm³/mol. The molecule has 0 aromatic heterocycles. The molecule has 15 heavy (non-hydrogen) atoms. The monoisotopic (exact) mass is 235 g/mol. The third kappa shape index (κ3) is 1.42. The maximum absolute atomic E-state index is 12.6. The van der Waals surface area contributed by atoms with Crippen molar-refractivity contribution in [3.63, 3.8) is 0 Å². The van der Waals surface area contributed by atoms with Crippen LogP contribution in [0.3, 0.4) is 0 Å².